The molecule has 0 radical (unpaired) electrons. The van der Waals surface area contributed by atoms with Gasteiger partial charge in [-0.1, -0.05) is 6.07 Å². The van der Waals surface area contributed by atoms with Crippen LogP contribution in [-0.4, -0.2) is 31.0 Å². The number of fused-ring (bicyclic) bond motifs is 1. The fourth-order valence-electron chi connectivity index (χ4n) is 4.62. The lowest BCUT2D eigenvalue weighted by molar-refractivity contribution is -0.141. The lowest BCUT2D eigenvalue weighted by Gasteiger charge is -2.24. The number of rotatable bonds is 4. The van der Waals surface area contributed by atoms with Gasteiger partial charge in [0.15, 0.2) is 0 Å². The molecule has 1 saturated carbocycles. The summed E-state index contributed by atoms with van der Waals surface area (Å²) in [6, 6.07) is 11.5. The lowest BCUT2D eigenvalue weighted by Crippen LogP contribution is -2.19. The van der Waals surface area contributed by atoms with Gasteiger partial charge in [0.05, 0.1) is 23.9 Å². The van der Waals surface area contributed by atoms with E-state index < -0.39 is 11.9 Å². The van der Waals surface area contributed by atoms with Crippen molar-refractivity contribution in [1.82, 2.24) is 19.7 Å². The molecule has 9 heteroatoms. The summed E-state index contributed by atoms with van der Waals surface area (Å²) < 4.78 is 40.2. The van der Waals surface area contributed by atoms with E-state index in [2.05, 4.69) is 15.2 Å². The smallest absolute Gasteiger partial charge is 0.393 e. The number of benzene rings is 1. The third kappa shape index (κ3) is 4.48. The Hall–Kier alpha value is -3.46. The Morgan fingerprint density at radius 2 is 1.79 bits per heavy atom. The summed E-state index contributed by atoms with van der Waals surface area (Å²) in [6.07, 6.45) is 1.20. The molecule has 34 heavy (non-hydrogen) atoms. The molecule has 1 aliphatic rings. The summed E-state index contributed by atoms with van der Waals surface area (Å²) in [5, 5.41) is 18.4. The molecule has 1 aliphatic carbocycles. The fraction of sp³-hybridized carbons (Fsp3) is 0.320. The van der Waals surface area contributed by atoms with E-state index in [4.69, 9.17) is 0 Å². The average molecular weight is 468 g/mol. The number of nitrogens with one attached hydrogen (secondary N) is 1. The van der Waals surface area contributed by atoms with Crippen molar-refractivity contribution in [2.75, 3.05) is 0 Å². The van der Waals surface area contributed by atoms with Gasteiger partial charge in [-0.3, -0.25) is 14.9 Å². The summed E-state index contributed by atoms with van der Waals surface area (Å²) in [4.78, 5) is 16.1. The molecule has 0 spiro atoms. The van der Waals surface area contributed by atoms with E-state index >= 15 is 0 Å². The van der Waals surface area contributed by atoms with Gasteiger partial charge in [0, 0.05) is 29.8 Å². The normalized spacial score (nSPS) is 18.9. The zero-order chi connectivity index (χ0) is 23.9. The Morgan fingerprint density at radius 1 is 1.03 bits per heavy atom. The van der Waals surface area contributed by atoms with Crippen LogP contribution in [0.25, 0.3) is 22.0 Å². The van der Waals surface area contributed by atoms with Crippen LogP contribution >= 0.6 is 0 Å². The molecule has 6 nitrogen and oxygen atoms in total. The molecular formula is C25H23F3N4O2. The third-order valence-electron chi connectivity index (χ3n) is 6.47. The van der Waals surface area contributed by atoms with Gasteiger partial charge in [-0.15, -0.1) is 0 Å². The molecular weight excluding hydrogens is 445 g/mol. The Kier molecular flexibility index (Phi) is 5.73. The monoisotopic (exact) mass is 468 g/mol. The minimum atomic E-state index is -4.53. The Morgan fingerprint density at radius 3 is 2.53 bits per heavy atom. The first-order valence-corrected chi connectivity index (χ1v) is 11.2. The van der Waals surface area contributed by atoms with Gasteiger partial charge >= 0.3 is 6.18 Å². The molecule has 1 aromatic carbocycles. The Bertz CT molecular complexity index is 1380. The van der Waals surface area contributed by atoms with Crippen molar-refractivity contribution in [3.05, 3.63) is 82.2 Å². The summed E-state index contributed by atoms with van der Waals surface area (Å²) in [6.45, 7) is 0.0170. The first kappa shape index (κ1) is 22.3. The average Bonchev–Trinajstić information content (AvgIpc) is 3.24. The van der Waals surface area contributed by atoms with Crippen molar-refractivity contribution in [2.45, 2.75) is 50.4 Å². The van der Waals surface area contributed by atoms with Gasteiger partial charge in [-0.2, -0.15) is 18.3 Å². The van der Waals surface area contributed by atoms with E-state index in [1.165, 1.54) is 16.7 Å². The molecule has 0 amide bonds. The molecule has 2 N–H and O–H groups in total. The van der Waals surface area contributed by atoms with Crippen LogP contribution in [0.5, 0.6) is 0 Å². The molecule has 0 atom stereocenters. The van der Waals surface area contributed by atoms with Crippen LogP contribution in [0.2, 0.25) is 0 Å². The number of aromatic nitrogens is 4. The van der Waals surface area contributed by atoms with Gasteiger partial charge in [0.25, 0.3) is 5.56 Å². The number of H-pyrrole nitrogens is 1. The maximum atomic E-state index is 12.9. The van der Waals surface area contributed by atoms with Gasteiger partial charge < -0.3 is 9.67 Å². The van der Waals surface area contributed by atoms with Crippen LogP contribution in [-0.2, 0) is 12.7 Å². The highest BCUT2D eigenvalue weighted by Crippen LogP contribution is 2.36. The number of aromatic amines is 1. The highest BCUT2D eigenvalue weighted by molar-refractivity contribution is 5.87. The zero-order valence-electron chi connectivity index (χ0n) is 18.2. The number of aliphatic hydroxyl groups excluding tert-OH is 1. The highest BCUT2D eigenvalue weighted by Gasteiger charge is 2.32. The van der Waals surface area contributed by atoms with E-state index in [-0.39, 0.29) is 24.1 Å². The second kappa shape index (κ2) is 8.72. The number of nitrogens with zero attached hydrogens (tertiary/aromatic N) is 3. The van der Waals surface area contributed by atoms with Crippen molar-refractivity contribution in [3.8, 4) is 11.1 Å². The van der Waals surface area contributed by atoms with Gasteiger partial charge in [-0.05, 0) is 72.7 Å². The van der Waals surface area contributed by atoms with Crippen LogP contribution in [0.1, 0.15) is 48.6 Å². The molecule has 0 bridgehead atoms. The Balaban J connectivity index is 1.42. The van der Waals surface area contributed by atoms with Crippen LogP contribution in [0.3, 0.4) is 0 Å². The minimum Gasteiger partial charge on any atom is -0.393 e. The minimum absolute atomic E-state index is 0.0170. The highest BCUT2D eigenvalue weighted by atomic mass is 19.4. The zero-order valence-corrected chi connectivity index (χ0v) is 18.2. The predicted molar refractivity (Wildman–Crippen MR) is 121 cm³/mol. The number of hydrogen-bond acceptors (Lipinski definition) is 4. The summed E-state index contributed by atoms with van der Waals surface area (Å²) in [5.74, 6) is 0.280. The van der Waals surface area contributed by atoms with Crippen molar-refractivity contribution < 1.29 is 18.3 Å². The topological polar surface area (TPSA) is 83.8 Å². The van der Waals surface area contributed by atoms with E-state index in [0.717, 1.165) is 65.7 Å². The first-order chi connectivity index (χ1) is 16.3. The molecule has 3 aromatic heterocycles. The molecule has 0 aliphatic heterocycles. The van der Waals surface area contributed by atoms with Crippen molar-refractivity contribution >= 4 is 10.9 Å². The third-order valence-corrected chi connectivity index (χ3v) is 6.47. The fourth-order valence-corrected chi connectivity index (χ4v) is 4.62. The largest absolute Gasteiger partial charge is 0.433 e. The second-order valence-electron chi connectivity index (χ2n) is 8.80. The number of hydrogen-bond donors (Lipinski definition) is 2. The standard InChI is InChI=1S/C25H23F3N4O2/c26-25(27,28)22-11-15(7-9-29-22)14-32-10-8-18(13-23(32)34)17-3-6-21-20(12-17)24(31-30-21)16-1-4-19(33)5-2-16/h3,6-13,16,19,33H,1-2,4-5,14H2,(H,30,31)/t16-,19+. The lowest BCUT2D eigenvalue weighted by atomic mass is 9.84. The quantitative estimate of drug-likeness (QED) is 0.448. The number of aliphatic hydroxyl groups is 1. The predicted octanol–water partition coefficient (Wildman–Crippen LogP) is 4.87. The maximum absolute atomic E-state index is 12.9. The summed E-state index contributed by atoms with van der Waals surface area (Å²) >= 11 is 0. The van der Waals surface area contributed by atoms with Crippen LogP contribution < -0.4 is 5.56 Å². The summed E-state index contributed by atoms with van der Waals surface area (Å²) in [7, 11) is 0. The van der Waals surface area contributed by atoms with E-state index in [0.29, 0.717) is 5.56 Å². The van der Waals surface area contributed by atoms with Crippen molar-refractivity contribution in [2.24, 2.45) is 0 Å². The van der Waals surface area contributed by atoms with E-state index in [1.807, 2.05) is 18.2 Å². The number of pyridine rings is 2. The molecule has 3 heterocycles. The van der Waals surface area contributed by atoms with E-state index in [9.17, 15) is 23.1 Å². The molecule has 5 rings (SSSR count). The second-order valence-corrected chi connectivity index (χ2v) is 8.80. The molecule has 4 aromatic rings. The van der Waals surface area contributed by atoms with Gasteiger partial charge in [0.2, 0.25) is 0 Å². The molecule has 176 valence electrons. The first-order valence-electron chi connectivity index (χ1n) is 11.2. The SMILES string of the molecule is O=c1cc(-c2ccc3[nH]nc([C@H]4CC[C@@H](O)CC4)c3c2)ccn1Cc1ccnc(C(F)(F)F)c1. The van der Waals surface area contributed by atoms with Crippen LogP contribution in [0, 0.1) is 0 Å². The van der Waals surface area contributed by atoms with E-state index in [1.54, 1.807) is 12.3 Å². The van der Waals surface area contributed by atoms with Gasteiger partial charge in [0.1, 0.15) is 5.69 Å². The molecule has 0 unspecified atom stereocenters. The van der Waals surface area contributed by atoms with Crippen LogP contribution in [0.4, 0.5) is 13.2 Å². The van der Waals surface area contributed by atoms with Gasteiger partial charge in [-0.25, -0.2) is 0 Å². The number of alkyl halides is 3. The van der Waals surface area contributed by atoms with Crippen molar-refractivity contribution in [1.29, 1.82) is 0 Å². The van der Waals surface area contributed by atoms with Crippen molar-refractivity contribution in [3.63, 3.8) is 0 Å². The molecule has 0 saturated heterocycles. The number of halogens is 3. The molecule has 1 fully saturated rings. The van der Waals surface area contributed by atoms with Crippen LogP contribution in [0.15, 0.2) is 59.7 Å². The maximum Gasteiger partial charge on any atom is 0.433 e. The summed E-state index contributed by atoms with van der Waals surface area (Å²) in [5.41, 5.74) is 2.53. The Labute approximate surface area is 193 Å².